The molecule has 0 saturated carbocycles. The molecule has 0 spiro atoms. The van der Waals surface area contributed by atoms with Crippen molar-refractivity contribution in [3.63, 3.8) is 0 Å². The first-order valence-corrected chi connectivity index (χ1v) is 11.4. The first-order valence-electron chi connectivity index (χ1n) is 9.45. The Labute approximate surface area is 167 Å². The fourth-order valence-electron chi connectivity index (χ4n) is 2.03. The van der Waals surface area contributed by atoms with Crippen LogP contribution in [0.15, 0.2) is 0 Å². The monoisotopic (exact) mass is 420 g/mol. The van der Waals surface area contributed by atoms with Crippen LogP contribution in [0.3, 0.4) is 0 Å². The van der Waals surface area contributed by atoms with Gasteiger partial charge in [0.25, 0.3) is 0 Å². The van der Waals surface area contributed by atoms with E-state index in [9.17, 15) is 14.2 Å². The number of nitrogens with one attached hydrogen (secondary N) is 3. The zero-order valence-corrected chi connectivity index (χ0v) is 17.7. The molecule has 11 heteroatoms. The SMILES string of the molecule is CC(=O)NCCCCCCNC(=O)NCCOCCOP(C)(=O)OCCC#N. The lowest BCUT2D eigenvalue weighted by Crippen LogP contribution is -2.37. The third kappa shape index (κ3) is 19.1. The molecule has 0 aliphatic heterocycles. The highest BCUT2D eigenvalue weighted by molar-refractivity contribution is 7.52. The van der Waals surface area contributed by atoms with Crippen molar-refractivity contribution >= 4 is 19.5 Å². The number of carbonyl (C=O) groups excluding carboxylic acids is 2. The van der Waals surface area contributed by atoms with Crippen LogP contribution in [-0.2, 0) is 23.1 Å². The van der Waals surface area contributed by atoms with Crippen molar-refractivity contribution in [2.45, 2.75) is 39.0 Å². The van der Waals surface area contributed by atoms with E-state index in [0.717, 1.165) is 25.7 Å². The number of urea groups is 1. The highest BCUT2D eigenvalue weighted by Crippen LogP contribution is 2.43. The van der Waals surface area contributed by atoms with E-state index in [1.54, 1.807) is 0 Å². The van der Waals surface area contributed by atoms with Crippen LogP contribution >= 0.6 is 7.60 Å². The minimum atomic E-state index is -3.15. The smallest absolute Gasteiger partial charge is 0.327 e. The minimum absolute atomic E-state index is 0.0127. The van der Waals surface area contributed by atoms with E-state index in [-0.39, 0.29) is 38.2 Å². The summed E-state index contributed by atoms with van der Waals surface area (Å²) in [5.41, 5.74) is 0. The Kier molecular flexibility index (Phi) is 16.4. The zero-order valence-electron chi connectivity index (χ0n) is 16.8. The Balaban J connectivity index is 3.40. The van der Waals surface area contributed by atoms with Gasteiger partial charge in [-0.25, -0.2) is 4.79 Å². The fraction of sp³-hybridized carbons (Fsp3) is 0.824. The van der Waals surface area contributed by atoms with Crippen molar-refractivity contribution in [2.24, 2.45) is 0 Å². The average Bonchev–Trinajstić information content (AvgIpc) is 2.63. The number of ether oxygens (including phenoxy) is 1. The summed E-state index contributed by atoms with van der Waals surface area (Å²) in [6.07, 6.45) is 3.98. The fourth-order valence-corrected chi connectivity index (χ4v) is 2.93. The lowest BCUT2D eigenvalue weighted by Gasteiger charge is -2.13. The Morgan fingerprint density at radius 2 is 1.50 bits per heavy atom. The number of nitriles is 1. The molecule has 0 aromatic rings. The molecule has 28 heavy (non-hydrogen) atoms. The van der Waals surface area contributed by atoms with E-state index >= 15 is 0 Å². The van der Waals surface area contributed by atoms with E-state index in [2.05, 4.69) is 16.0 Å². The van der Waals surface area contributed by atoms with Gasteiger partial charge < -0.3 is 29.7 Å². The molecule has 3 amide bonds. The number of rotatable bonds is 17. The molecule has 0 fully saturated rings. The van der Waals surface area contributed by atoms with Crippen LogP contribution < -0.4 is 16.0 Å². The summed E-state index contributed by atoms with van der Waals surface area (Å²) in [6.45, 7) is 5.20. The summed E-state index contributed by atoms with van der Waals surface area (Å²) in [5, 5.41) is 16.6. The average molecular weight is 420 g/mol. The lowest BCUT2D eigenvalue weighted by molar-refractivity contribution is -0.118. The summed E-state index contributed by atoms with van der Waals surface area (Å²) in [6, 6.07) is 1.64. The summed E-state index contributed by atoms with van der Waals surface area (Å²) in [7, 11) is -3.15. The molecule has 0 aromatic heterocycles. The van der Waals surface area contributed by atoms with E-state index in [0.29, 0.717) is 26.2 Å². The molecule has 0 aliphatic rings. The molecule has 10 nitrogen and oxygen atoms in total. The Hall–Kier alpha value is -1.66. The molecule has 162 valence electrons. The highest BCUT2D eigenvalue weighted by atomic mass is 31.2. The molecule has 1 atom stereocenters. The van der Waals surface area contributed by atoms with Gasteiger partial charge in [-0.05, 0) is 12.8 Å². The van der Waals surface area contributed by atoms with Crippen molar-refractivity contribution < 1.29 is 27.9 Å². The normalized spacial score (nSPS) is 12.6. The van der Waals surface area contributed by atoms with Crippen LogP contribution in [0.4, 0.5) is 4.79 Å². The first kappa shape index (κ1) is 26.3. The predicted molar refractivity (Wildman–Crippen MR) is 105 cm³/mol. The summed E-state index contributed by atoms with van der Waals surface area (Å²) in [4.78, 5) is 22.3. The maximum Gasteiger partial charge on any atom is 0.327 e. The standard InChI is InChI=1S/C17H33N4O6P/c1-16(22)19-9-5-3-4-6-10-20-17(23)21-11-13-25-14-15-27-28(2,24)26-12-7-8-18/h3-7,9-15H2,1-2H3,(H,19,22)(H2,20,21,23). The van der Waals surface area contributed by atoms with Gasteiger partial charge in [-0.3, -0.25) is 9.36 Å². The van der Waals surface area contributed by atoms with Gasteiger partial charge >= 0.3 is 13.6 Å². The Morgan fingerprint density at radius 1 is 0.893 bits per heavy atom. The molecular weight excluding hydrogens is 387 g/mol. The van der Waals surface area contributed by atoms with Crippen LogP contribution in [0.25, 0.3) is 0 Å². The summed E-state index contributed by atoms with van der Waals surface area (Å²) in [5.74, 6) is -0.0127. The molecule has 0 heterocycles. The van der Waals surface area contributed by atoms with Gasteiger partial charge in [0.2, 0.25) is 5.91 Å². The number of carbonyl (C=O) groups is 2. The Morgan fingerprint density at radius 3 is 2.14 bits per heavy atom. The second kappa shape index (κ2) is 17.4. The van der Waals surface area contributed by atoms with E-state index < -0.39 is 7.60 Å². The highest BCUT2D eigenvalue weighted by Gasteiger charge is 2.16. The third-order valence-electron chi connectivity index (χ3n) is 3.39. The van der Waals surface area contributed by atoms with Gasteiger partial charge in [0.05, 0.1) is 38.9 Å². The van der Waals surface area contributed by atoms with Crippen molar-refractivity contribution in [2.75, 3.05) is 52.7 Å². The molecule has 0 saturated heterocycles. The van der Waals surface area contributed by atoms with Gasteiger partial charge in [-0.1, -0.05) is 12.8 Å². The predicted octanol–water partition coefficient (Wildman–Crippen LogP) is 1.77. The topological polar surface area (TPSA) is 139 Å². The largest absolute Gasteiger partial charge is 0.377 e. The van der Waals surface area contributed by atoms with Crippen molar-refractivity contribution in [3.8, 4) is 6.07 Å². The lowest BCUT2D eigenvalue weighted by atomic mass is 10.2. The van der Waals surface area contributed by atoms with E-state index in [4.69, 9.17) is 19.0 Å². The number of nitrogens with zero attached hydrogens (tertiary/aromatic N) is 1. The summed E-state index contributed by atoms with van der Waals surface area (Å²) >= 11 is 0. The van der Waals surface area contributed by atoms with Crippen molar-refractivity contribution in [1.82, 2.24) is 16.0 Å². The van der Waals surface area contributed by atoms with E-state index in [1.807, 2.05) is 6.07 Å². The van der Waals surface area contributed by atoms with Gasteiger partial charge in [-0.2, -0.15) is 5.26 Å². The molecule has 0 bridgehead atoms. The molecular formula is C17H33N4O6P. The minimum Gasteiger partial charge on any atom is -0.377 e. The quantitative estimate of drug-likeness (QED) is 0.241. The summed E-state index contributed by atoms with van der Waals surface area (Å²) < 4.78 is 27.2. The molecule has 0 radical (unpaired) electrons. The first-order chi connectivity index (χ1) is 13.4. The molecule has 0 aliphatic carbocycles. The van der Waals surface area contributed by atoms with Crippen LogP contribution in [0.1, 0.15) is 39.0 Å². The van der Waals surface area contributed by atoms with E-state index in [1.165, 1.54) is 13.6 Å². The number of hydrogen-bond donors (Lipinski definition) is 3. The van der Waals surface area contributed by atoms with Gasteiger partial charge in [0.1, 0.15) is 0 Å². The zero-order chi connectivity index (χ0) is 21.1. The van der Waals surface area contributed by atoms with Gasteiger partial charge in [-0.15, -0.1) is 0 Å². The van der Waals surface area contributed by atoms with Crippen LogP contribution in [0.5, 0.6) is 0 Å². The van der Waals surface area contributed by atoms with Crippen LogP contribution in [0, 0.1) is 11.3 Å². The van der Waals surface area contributed by atoms with Crippen molar-refractivity contribution in [3.05, 3.63) is 0 Å². The molecule has 3 N–H and O–H groups in total. The second-order valence-electron chi connectivity index (χ2n) is 6.04. The maximum absolute atomic E-state index is 11.8. The number of amides is 3. The molecule has 0 rings (SSSR count). The van der Waals surface area contributed by atoms with Gasteiger partial charge in [0, 0.05) is 33.2 Å². The van der Waals surface area contributed by atoms with Gasteiger partial charge in [0.15, 0.2) is 0 Å². The number of unbranched alkanes of at least 4 members (excludes halogenated alkanes) is 3. The van der Waals surface area contributed by atoms with Crippen LogP contribution in [0.2, 0.25) is 0 Å². The van der Waals surface area contributed by atoms with Crippen LogP contribution in [-0.4, -0.2) is 64.7 Å². The molecule has 1 unspecified atom stereocenters. The number of hydrogen-bond acceptors (Lipinski definition) is 7. The van der Waals surface area contributed by atoms with Crippen molar-refractivity contribution in [1.29, 1.82) is 5.26 Å². The maximum atomic E-state index is 11.8. The third-order valence-corrected chi connectivity index (χ3v) is 4.69. The second-order valence-corrected chi connectivity index (χ2v) is 8.10. The Bertz CT molecular complexity index is 526. The molecule has 0 aromatic carbocycles.